The van der Waals surface area contributed by atoms with Gasteiger partial charge in [-0.1, -0.05) is 172 Å². The minimum absolute atomic E-state index is 0.0660. The maximum Gasteiger partial charge on any atom is 0.235 e. The van der Waals surface area contributed by atoms with Crippen LogP contribution in [0, 0.1) is 0 Å². The number of fused-ring (bicyclic) bond motifs is 12. The zero-order valence-corrected chi connectivity index (χ0v) is 33.9. The van der Waals surface area contributed by atoms with E-state index in [9.17, 15) is 0 Å². The average Bonchev–Trinajstić information content (AvgIpc) is 3.91. The molecule has 288 valence electrons. The minimum atomic E-state index is -0.0660. The summed E-state index contributed by atoms with van der Waals surface area (Å²) in [6.07, 6.45) is 7.35. The first kappa shape index (κ1) is 34.3. The van der Waals surface area contributed by atoms with Gasteiger partial charge in [0.2, 0.25) is 5.95 Å². The van der Waals surface area contributed by atoms with Crippen molar-refractivity contribution in [3.05, 3.63) is 216 Å². The number of rotatable bonds is 4. The van der Waals surface area contributed by atoms with Crippen LogP contribution >= 0.6 is 0 Å². The molecule has 0 spiro atoms. The Balaban J connectivity index is 0.978. The average molecular weight is 781 g/mol. The van der Waals surface area contributed by atoms with Crippen LogP contribution in [0.25, 0.3) is 77.4 Å². The lowest BCUT2D eigenvalue weighted by Gasteiger charge is -2.31. The lowest BCUT2D eigenvalue weighted by atomic mass is 9.82. The Labute approximate surface area is 354 Å². The van der Waals surface area contributed by atoms with Crippen LogP contribution in [-0.2, 0) is 5.41 Å². The lowest BCUT2D eigenvalue weighted by molar-refractivity contribution is 0.659. The predicted octanol–water partition coefficient (Wildman–Crippen LogP) is 14.1. The molecule has 0 fully saturated rings. The molecule has 1 aliphatic heterocycles. The van der Waals surface area contributed by atoms with Gasteiger partial charge in [0.1, 0.15) is 0 Å². The lowest BCUT2D eigenvalue weighted by Crippen LogP contribution is -2.29. The van der Waals surface area contributed by atoms with Crippen molar-refractivity contribution in [1.29, 1.82) is 0 Å². The minimum Gasteiger partial charge on any atom is -0.333 e. The van der Waals surface area contributed by atoms with Crippen LogP contribution in [0.2, 0.25) is 0 Å². The van der Waals surface area contributed by atoms with Gasteiger partial charge < -0.3 is 4.90 Å². The Morgan fingerprint density at radius 2 is 1.25 bits per heavy atom. The standard InChI is InChI=1S/C57H40N4/c1-57(2)48-24-12-8-19-39(48)40-30-29-37(33-49(40)57)60-51-26-14-10-20-41(51)46-32-36(28-31-53(46)60)45-34-47-42-21-11-15-27-52(42)61(55(47)43-22-7-6-18-38(43)45)56-58-50-25-13-9-23-44(50)54(59-56)35-16-4-3-5-17-35/h3-34,46,53H,1-2H3. The molecule has 0 saturated carbocycles. The van der Waals surface area contributed by atoms with E-state index in [0.29, 0.717) is 5.95 Å². The molecule has 13 rings (SSSR count). The van der Waals surface area contributed by atoms with Crippen molar-refractivity contribution >= 4 is 60.4 Å². The second-order valence-corrected chi connectivity index (χ2v) is 17.3. The van der Waals surface area contributed by atoms with E-state index < -0.39 is 0 Å². The van der Waals surface area contributed by atoms with Gasteiger partial charge in [-0.2, -0.15) is 0 Å². The summed E-state index contributed by atoms with van der Waals surface area (Å²) in [5.41, 5.74) is 16.9. The third kappa shape index (κ3) is 4.87. The fraction of sp³-hybridized carbons (Fsp3) is 0.0877. The fourth-order valence-corrected chi connectivity index (χ4v) is 10.9. The molecule has 0 bridgehead atoms. The summed E-state index contributed by atoms with van der Waals surface area (Å²) in [5, 5.41) is 5.79. The second kappa shape index (κ2) is 12.7. The Bertz CT molecular complexity index is 3530. The number of hydrogen-bond acceptors (Lipinski definition) is 3. The fourth-order valence-electron chi connectivity index (χ4n) is 10.9. The van der Waals surface area contributed by atoms with E-state index in [1.54, 1.807) is 0 Å². The van der Waals surface area contributed by atoms with E-state index in [4.69, 9.17) is 9.97 Å². The van der Waals surface area contributed by atoms with Crippen molar-refractivity contribution in [2.45, 2.75) is 31.2 Å². The van der Waals surface area contributed by atoms with E-state index in [1.807, 2.05) is 0 Å². The van der Waals surface area contributed by atoms with Gasteiger partial charge in [0.25, 0.3) is 0 Å². The van der Waals surface area contributed by atoms with E-state index in [1.165, 1.54) is 71.9 Å². The smallest absolute Gasteiger partial charge is 0.235 e. The van der Waals surface area contributed by atoms with Gasteiger partial charge >= 0.3 is 0 Å². The highest BCUT2D eigenvalue weighted by Gasteiger charge is 2.41. The molecule has 2 aromatic heterocycles. The third-order valence-corrected chi connectivity index (χ3v) is 13.7. The van der Waals surface area contributed by atoms with Gasteiger partial charge in [-0.05, 0) is 80.7 Å². The van der Waals surface area contributed by atoms with Crippen LogP contribution in [0.1, 0.15) is 42.0 Å². The summed E-state index contributed by atoms with van der Waals surface area (Å²) in [6, 6.07) is 64.1. The zero-order chi connectivity index (χ0) is 40.4. The van der Waals surface area contributed by atoms with Gasteiger partial charge in [0.05, 0.1) is 28.3 Å². The number of allylic oxidation sites excluding steroid dienone is 2. The highest BCUT2D eigenvalue weighted by atomic mass is 15.2. The summed E-state index contributed by atoms with van der Waals surface area (Å²) in [5.74, 6) is 0.857. The molecule has 2 unspecified atom stereocenters. The van der Waals surface area contributed by atoms with Gasteiger partial charge in [0.15, 0.2) is 0 Å². The van der Waals surface area contributed by atoms with Crippen molar-refractivity contribution < 1.29 is 0 Å². The molecule has 8 aromatic carbocycles. The topological polar surface area (TPSA) is 34.0 Å². The Hall–Kier alpha value is -7.56. The second-order valence-electron chi connectivity index (χ2n) is 17.3. The highest BCUT2D eigenvalue weighted by molar-refractivity contribution is 6.21. The van der Waals surface area contributed by atoms with Crippen molar-refractivity contribution in [1.82, 2.24) is 14.5 Å². The number of hydrogen-bond donors (Lipinski definition) is 0. The van der Waals surface area contributed by atoms with Gasteiger partial charge in [0, 0.05) is 49.8 Å². The van der Waals surface area contributed by atoms with Crippen LogP contribution in [0.15, 0.2) is 194 Å². The number of para-hydroxylation sites is 3. The summed E-state index contributed by atoms with van der Waals surface area (Å²) in [6.45, 7) is 4.74. The summed E-state index contributed by atoms with van der Waals surface area (Å²) < 4.78 is 2.29. The first-order valence-corrected chi connectivity index (χ1v) is 21.3. The van der Waals surface area contributed by atoms with E-state index >= 15 is 0 Å². The van der Waals surface area contributed by atoms with E-state index in [2.05, 4.69) is 217 Å². The molecule has 10 aromatic rings. The van der Waals surface area contributed by atoms with Crippen molar-refractivity contribution in [3.8, 4) is 28.3 Å². The molecule has 4 nitrogen and oxygen atoms in total. The normalized spacial score (nSPS) is 17.1. The van der Waals surface area contributed by atoms with Gasteiger partial charge in [-0.3, -0.25) is 4.57 Å². The van der Waals surface area contributed by atoms with Crippen molar-refractivity contribution in [2.75, 3.05) is 4.90 Å². The van der Waals surface area contributed by atoms with Crippen LogP contribution in [0.5, 0.6) is 0 Å². The first-order chi connectivity index (χ1) is 30.0. The molecular weight excluding hydrogens is 741 g/mol. The zero-order valence-electron chi connectivity index (χ0n) is 33.9. The number of anilines is 2. The number of nitrogens with zero attached hydrogens (tertiary/aromatic N) is 4. The molecule has 0 saturated heterocycles. The van der Waals surface area contributed by atoms with Crippen LogP contribution in [0.4, 0.5) is 11.4 Å². The van der Waals surface area contributed by atoms with Crippen LogP contribution < -0.4 is 4.90 Å². The van der Waals surface area contributed by atoms with E-state index in [-0.39, 0.29) is 17.4 Å². The Morgan fingerprint density at radius 3 is 2.13 bits per heavy atom. The van der Waals surface area contributed by atoms with Crippen LogP contribution in [0.3, 0.4) is 0 Å². The molecule has 0 N–H and O–H groups in total. The molecular formula is C57H40N4. The molecule has 61 heavy (non-hydrogen) atoms. The predicted molar refractivity (Wildman–Crippen MR) is 253 cm³/mol. The molecule has 3 heterocycles. The maximum atomic E-state index is 5.38. The molecule has 2 aliphatic carbocycles. The SMILES string of the molecule is CC1(C)c2ccccc2-c2ccc(N3c4ccccc4C4C=C(c5cc6c7ccccc7n(-c7nc(-c8ccccc8)c8ccccc8n7)c6c6ccccc56)C=CC43)cc21. The van der Waals surface area contributed by atoms with Crippen LogP contribution in [-0.4, -0.2) is 20.6 Å². The van der Waals surface area contributed by atoms with Crippen molar-refractivity contribution in [3.63, 3.8) is 0 Å². The maximum absolute atomic E-state index is 5.38. The monoisotopic (exact) mass is 780 g/mol. The number of benzene rings is 8. The number of aromatic nitrogens is 3. The molecule has 0 radical (unpaired) electrons. The Kier molecular flexibility index (Phi) is 7.16. The molecule has 3 aliphatic rings. The van der Waals surface area contributed by atoms with Gasteiger partial charge in [-0.25, -0.2) is 9.97 Å². The van der Waals surface area contributed by atoms with Gasteiger partial charge in [-0.15, -0.1) is 0 Å². The largest absolute Gasteiger partial charge is 0.333 e. The summed E-state index contributed by atoms with van der Waals surface area (Å²) in [7, 11) is 0. The summed E-state index contributed by atoms with van der Waals surface area (Å²) >= 11 is 0. The van der Waals surface area contributed by atoms with E-state index in [0.717, 1.165) is 33.2 Å². The van der Waals surface area contributed by atoms with Crippen molar-refractivity contribution in [2.24, 2.45) is 0 Å². The third-order valence-electron chi connectivity index (χ3n) is 13.7. The highest BCUT2D eigenvalue weighted by Crippen LogP contribution is 2.54. The Morgan fingerprint density at radius 1 is 0.541 bits per heavy atom. The quantitative estimate of drug-likeness (QED) is 0.178. The molecule has 2 atom stereocenters. The summed E-state index contributed by atoms with van der Waals surface area (Å²) in [4.78, 5) is 13.2. The molecule has 4 heteroatoms. The first-order valence-electron chi connectivity index (χ1n) is 21.3. The molecule has 0 amide bonds.